The smallest absolute Gasteiger partial charge is 0.394 e. The van der Waals surface area contributed by atoms with E-state index >= 15 is 0 Å². The Hall–Kier alpha value is -6.62. The van der Waals surface area contributed by atoms with E-state index in [2.05, 4.69) is 10.3 Å². The number of carbonyl (C=O) groups is 7. The molecule has 14 unspecified atom stereocenters. The van der Waals surface area contributed by atoms with Crippen molar-refractivity contribution in [3.8, 4) is 0 Å². The van der Waals surface area contributed by atoms with Crippen LogP contribution in [0.1, 0.15) is 150 Å². The van der Waals surface area contributed by atoms with Gasteiger partial charge in [0.15, 0.2) is 6.23 Å². The minimum Gasteiger partial charge on any atom is -0.394 e. The van der Waals surface area contributed by atoms with Gasteiger partial charge in [0.1, 0.15) is 23.9 Å². The molecule has 16 N–H and O–H groups in total. The Morgan fingerprint density at radius 1 is 0.739 bits per heavy atom. The minimum absolute atomic E-state index is 0. The summed E-state index contributed by atoms with van der Waals surface area (Å²) < 4.78 is 32.2. The molecule has 6 aliphatic heterocycles. The van der Waals surface area contributed by atoms with Crippen LogP contribution in [-0.2, 0) is 68.7 Å². The second-order valence-electron chi connectivity index (χ2n) is 26.8. The molecule has 0 saturated carbocycles. The molecule has 507 valence electrons. The number of aliphatic hydroxyl groups excluding tert-OH is 2. The Morgan fingerprint density at radius 2 is 1.30 bits per heavy atom. The van der Waals surface area contributed by atoms with Crippen molar-refractivity contribution < 1.29 is 83.8 Å². The number of amides is 7. The van der Waals surface area contributed by atoms with Crippen LogP contribution in [0.25, 0.3) is 11.0 Å². The number of hydrogen-bond donors (Lipinski definition) is 10. The van der Waals surface area contributed by atoms with Gasteiger partial charge in [-0.25, -0.2) is 9.55 Å². The van der Waals surface area contributed by atoms with Gasteiger partial charge in [-0.1, -0.05) is 34.6 Å². The van der Waals surface area contributed by atoms with E-state index in [1.807, 2.05) is 66.7 Å². The summed E-state index contributed by atoms with van der Waals surface area (Å²) in [7, 11) is -5.07. The maximum Gasteiger partial charge on any atom is 0.472 e. The number of ether oxygens (including phenoxy) is 1. The number of phosphoric ester groups is 1. The number of imidazole rings is 1. The van der Waals surface area contributed by atoms with E-state index < -0.39 is 137 Å². The first-order chi connectivity index (χ1) is 41.8. The fourth-order valence-corrected chi connectivity index (χ4v) is 16.2. The van der Waals surface area contributed by atoms with Crippen LogP contribution in [-0.4, -0.2) is 132 Å². The third kappa shape index (κ3) is 14.1. The summed E-state index contributed by atoms with van der Waals surface area (Å²) in [5.74, 6) is -7.52. The Balaban J connectivity index is 0.00000672. The number of phosphoric acid groups is 1. The number of fused-ring (bicyclic) bond motifs is 6. The van der Waals surface area contributed by atoms with Crippen LogP contribution in [0.5, 0.6) is 0 Å². The maximum absolute atomic E-state index is 14.4. The van der Waals surface area contributed by atoms with Crippen molar-refractivity contribution in [2.45, 2.75) is 183 Å². The molecule has 0 aliphatic carbocycles. The zero-order chi connectivity index (χ0) is 66.7. The van der Waals surface area contributed by atoms with Crippen LogP contribution >= 0.6 is 7.82 Å². The first-order valence-corrected chi connectivity index (χ1v) is 31.9. The van der Waals surface area contributed by atoms with Crippen molar-refractivity contribution >= 4 is 83.1 Å². The Bertz CT molecular complexity index is 3610. The summed E-state index contributed by atoms with van der Waals surface area (Å²) in [6, 6.07) is 3.73. The van der Waals surface area contributed by atoms with E-state index in [1.165, 1.54) is 13.3 Å². The first-order valence-electron chi connectivity index (χ1n) is 30.4. The summed E-state index contributed by atoms with van der Waals surface area (Å²) in [4.78, 5) is 131. The topological polar surface area (TPSA) is 460 Å². The van der Waals surface area contributed by atoms with Gasteiger partial charge >= 0.3 is 7.82 Å². The number of aryl methyl sites for hydroxylation is 2. The van der Waals surface area contributed by atoms with Gasteiger partial charge in [0, 0.05) is 136 Å². The van der Waals surface area contributed by atoms with Crippen molar-refractivity contribution in [3.05, 3.63) is 71.3 Å². The minimum atomic E-state index is -5.07. The monoisotopic (exact) mass is 1340 g/mol. The fraction of sp³-hybridized carbons (Fsp3) is 0.603. The van der Waals surface area contributed by atoms with Crippen molar-refractivity contribution in [2.75, 3.05) is 13.2 Å². The number of aliphatic imine (C=N–C) groups is 4. The van der Waals surface area contributed by atoms with Crippen LogP contribution in [0.15, 0.2) is 72.7 Å². The summed E-state index contributed by atoms with van der Waals surface area (Å²) in [5, 5.41) is 24.6. The fourth-order valence-electron chi connectivity index (χ4n) is 15.0. The maximum atomic E-state index is 14.4. The Labute approximate surface area is 546 Å². The van der Waals surface area contributed by atoms with Gasteiger partial charge in [-0.05, 0) is 108 Å². The normalized spacial score (nSPS) is 32.7. The molecule has 1 radical (unpaired) electrons. The molecular formula is C63H91CoN13O14P-. The van der Waals surface area contributed by atoms with Gasteiger partial charge in [-0.15, -0.1) is 0 Å². The van der Waals surface area contributed by atoms with Gasteiger partial charge in [0.2, 0.25) is 41.4 Å². The number of aliphatic hydroxyl groups is 2. The molecule has 14 atom stereocenters. The molecule has 27 nitrogen and oxygen atoms in total. The number of carbonyl (C=O) groups excluding carboxylic acids is 7. The molecule has 1 saturated heterocycles. The number of nitrogens with one attached hydrogen (secondary N) is 1. The molecule has 1 fully saturated rings. The van der Waals surface area contributed by atoms with Crippen molar-refractivity contribution in [2.24, 2.45) is 99.7 Å². The van der Waals surface area contributed by atoms with Gasteiger partial charge in [-0.2, -0.15) is 0 Å². The van der Waals surface area contributed by atoms with Crippen molar-refractivity contribution in [1.29, 1.82) is 0 Å². The number of hydrogen-bond acceptors (Lipinski definition) is 18. The van der Waals surface area contributed by atoms with E-state index in [-0.39, 0.29) is 101 Å². The number of aromatic nitrogens is 2. The predicted octanol–water partition coefficient (Wildman–Crippen LogP) is 4.09. The standard InChI is InChI=1S/C62H88N13O14P.CH3.Co/c1-29-20-39-40(21-30(29)2)75(28-70-39)57-52(84)53(41(27-76)87-57)89-90(85,86)88-31(3)26-69-49(83)18-19-59(8)37(22-46(66)80)56-62(11)61(10,25-48(68)82)36(14-17-45(65)79)51(74-62)33(5)55-60(9,24-47(67)81)34(12-15-43(63)77)38(71-55)23-42-58(6,7)35(13-16-44(64)78)50(72-42)32(4)54(59)73-56;;/h20-21,23,28,31,34-37,41,52-53,57,76,84H,12-19,22,24-27H2,1-11H3,(H2,63,77)(H2,64,78)(H2,65,79)(H2,66,80)(H2,67,81)(H2,68,82)(H,69,83)(H,85,86);1H3;/q;-1;/b42-23-,54-32-,55-33-;;. The summed E-state index contributed by atoms with van der Waals surface area (Å²) in [6.07, 6.45) is -4.63. The van der Waals surface area contributed by atoms with E-state index in [0.717, 1.165) is 11.1 Å². The van der Waals surface area contributed by atoms with E-state index in [4.69, 9.17) is 68.2 Å². The number of nitrogens with zero attached hydrogens (tertiary/aromatic N) is 6. The number of primary amides is 6. The predicted molar refractivity (Wildman–Crippen MR) is 341 cm³/mol. The Kier molecular flexibility index (Phi) is 22.4. The molecule has 7 heterocycles. The SMILES string of the molecule is C/C1=C2N=C(/C=C3N=C(/C(C)=C4\N=C(C(CC(N)=O)C4(C)CCC(=O)NCC(C)OP(=O)(O)OC4C(CO)OC(n5cnc6cc(C)c(C)cc65)C4O)C4(C)N=C1C(CCC(N)=O)C4(C)CC(N)=O)C(CCC(N)=O)C\3(C)C)C(CCC(N)=O)C/2(C)CC(N)=O.[CH3-].[Co]. The van der Waals surface area contributed by atoms with E-state index in [9.17, 15) is 53.2 Å². The molecule has 6 aliphatic rings. The van der Waals surface area contributed by atoms with Gasteiger partial charge in [-0.3, -0.25) is 62.6 Å². The van der Waals surface area contributed by atoms with Gasteiger partial charge < -0.3 is 71.6 Å². The molecule has 0 spiro atoms. The molecule has 2 aromatic rings. The third-order valence-corrected chi connectivity index (χ3v) is 21.3. The van der Waals surface area contributed by atoms with E-state index in [1.54, 1.807) is 25.3 Å². The van der Waals surface area contributed by atoms with Crippen molar-refractivity contribution in [3.63, 3.8) is 0 Å². The molecule has 1 aromatic heterocycles. The zero-order valence-electron chi connectivity index (χ0n) is 54.5. The number of nitrogens with two attached hydrogens (primary N) is 6. The third-order valence-electron chi connectivity index (χ3n) is 20.2. The van der Waals surface area contributed by atoms with Crippen LogP contribution in [0.2, 0.25) is 0 Å². The molecule has 8 bridgehead atoms. The number of benzene rings is 1. The molecule has 7 amide bonds. The number of rotatable bonds is 26. The zero-order valence-corrected chi connectivity index (χ0v) is 56.4. The second-order valence-corrected chi connectivity index (χ2v) is 28.2. The summed E-state index contributed by atoms with van der Waals surface area (Å²) in [5.41, 5.74) is 36.8. The molecule has 1 aromatic carbocycles. The van der Waals surface area contributed by atoms with Crippen LogP contribution in [0.4, 0.5) is 0 Å². The van der Waals surface area contributed by atoms with Crippen LogP contribution in [0, 0.1) is 66.6 Å². The Morgan fingerprint density at radius 3 is 1.88 bits per heavy atom. The second kappa shape index (κ2) is 27.8. The summed E-state index contributed by atoms with van der Waals surface area (Å²) >= 11 is 0. The van der Waals surface area contributed by atoms with Crippen molar-refractivity contribution in [1.82, 2.24) is 14.9 Å². The first kappa shape index (κ1) is 74.4. The molecule has 8 rings (SSSR count). The van der Waals surface area contributed by atoms with Crippen LogP contribution in [0.3, 0.4) is 0 Å². The summed E-state index contributed by atoms with van der Waals surface area (Å²) in [6.45, 7) is 19.0. The molecular weight excluding hydrogens is 1250 g/mol. The average Bonchev–Trinajstić information content (AvgIpc) is 1.53. The molecule has 92 heavy (non-hydrogen) atoms. The van der Waals surface area contributed by atoms with Gasteiger partial charge in [0.05, 0.1) is 47.2 Å². The van der Waals surface area contributed by atoms with Crippen LogP contribution < -0.4 is 39.7 Å². The largest absolute Gasteiger partial charge is 0.472 e. The molecule has 29 heteroatoms. The number of allylic oxidation sites excluding steroid dienone is 6. The average molecular weight is 1340 g/mol. The van der Waals surface area contributed by atoms with Gasteiger partial charge in [0.25, 0.3) is 0 Å². The quantitative estimate of drug-likeness (QED) is 0.0468. The van der Waals surface area contributed by atoms with E-state index in [0.29, 0.717) is 62.1 Å².